The summed E-state index contributed by atoms with van der Waals surface area (Å²) < 4.78 is 32.9. The van der Waals surface area contributed by atoms with E-state index in [0.717, 1.165) is 19.2 Å². The van der Waals surface area contributed by atoms with Gasteiger partial charge >= 0.3 is 5.97 Å². The lowest BCUT2D eigenvalue weighted by molar-refractivity contribution is 0.0602. The Kier molecular flexibility index (Phi) is 5.07. The fraction of sp³-hybridized carbons (Fsp3) is 0.0667. The molecule has 0 saturated carbocycles. The van der Waals surface area contributed by atoms with Gasteiger partial charge in [-0.3, -0.25) is 4.79 Å². The maximum absolute atomic E-state index is 13.9. The largest absolute Gasteiger partial charge is 0.465 e. The number of halogens is 3. The minimum atomic E-state index is -0.823. The molecule has 0 amide bonds. The third kappa shape index (κ3) is 3.41. The van der Waals surface area contributed by atoms with E-state index in [9.17, 15) is 18.4 Å². The van der Waals surface area contributed by atoms with E-state index in [2.05, 4.69) is 10.1 Å². The molecule has 7 heteroatoms. The first-order chi connectivity index (χ1) is 10.5. The molecule has 0 aliphatic carbocycles. The van der Waals surface area contributed by atoms with Crippen molar-refractivity contribution < 1.29 is 23.1 Å². The lowest BCUT2D eigenvalue weighted by Gasteiger charge is -2.13. The van der Waals surface area contributed by atoms with Crippen molar-refractivity contribution in [2.24, 2.45) is 0 Å². The molecule has 0 radical (unpaired) electrons. The van der Waals surface area contributed by atoms with Gasteiger partial charge in [0.1, 0.15) is 11.6 Å². The van der Waals surface area contributed by atoms with Gasteiger partial charge in [0.15, 0.2) is 6.29 Å². The summed E-state index contributed by atoms with van der Waals surface area (Å²) in [6, 6.07) is 6.41. The summed E-state index contributed by atoms with van der Waals surface area (Å²) >= 11 is 1.95. The second-order valence-electron chi connectivity index (χ2n) is 4.28. The Morgan fingerprint density at radius 2 is 1.91 bits per heavy atom. The summed E-state index contributed by atoms with van der Waals surface area (Å²) in [5.41, 5.74) is -0.267. The highest BCUT2D eigenvalue weighted by Gasteiger charge is 2.17. The Bertz CT molecular complexity index is 750. The van der Waals surface area contributed by atoms with Gasteiger partial charge in [-0.1, -0.05) is 0 Å². The first-order valence-corrected chi connectivity index (χ1v) is 7.13. The van der Waals surface area contributed by atoms with E-state index in [1.807, 2.05) is 22.6 Å². The molecule has 0 aromatic heterocycles. The average Bonchev–Trinajstić information content (AvgIpc) is 2.49. The Balaban J connectivity index is 2.51. The van der Waals surface area contributed by atoms with Crippen molar-refractivity contribution in [3.63, 3.8) is 0 Å². The van der Waals surface area contributed by atoms with Crippen LogP contribution in [0.4, 0.5) is 20.2 Å². The van der Waals surface area contributed by atoms with E-state index in [-0.39, 0.29) is 28.8 Å². The van der Waals surface area contributed by atoms with Crippen LogP contribution in [0.1, 0.15) is 20.7 Å². The maximum atomic E-state index is 13.9. The minimum absolute atomic E-state index is 0.00931. The summed E-state index contributed by atoms with van der Waals surface area (Å²) in [7, 11) is 1.15. The van der Waals surface area contributed by atoms with Crippen LogP contribution in [0, 0.1) is 15.2 Å². The van der Waals surface area contributed by atoms with Gasteiger partial charge in [-0.25, -0.2) is 13.6 Å². The lowest BCUT2D eigenvalue weighted by atomic mass is 10.1. The van der Waals surface area contributed by atoms with Gasteiger partial charge in [0.25, 0.3) is 0 Å². The van der Waals surface area contributed by atoms with Crippen molar-refractivity contribution in [1.82, 2.24) is 0 Å². The third-order valence-electron chi connectivity index (χ3n) is 2.87. The van der Waals surface area contributed by atoms with Crippen LogP contribution in [0.15, 0.2) is 30.3 Å². The zero-order valence-corrected chi connectivity index (χ0v) is 13.5. The normalized spacial score (nSPS) is 10.2. The predicted octanol–water partition coefficient (Wildman–Crippen LogP) is 3.91. The quantitative estimate of drug-likeness (QED) is 0.466. The number of hydrogen-bond donors (Lipinski definition) is 1. The maximum Gasteiger partial charge on any atom is 0.340 e. The Morgan fingerprint density at radius 3 is 2.50 bits per heavy atom. The molecule has 2 aromatic rings. The highest BCUT2D eigenvalue weighted by Crippen LogP contribution is 2.27. The molecule has 0 unspecified atom stereocenters. The van der Waals surface area contributed by atoms with Gasteiger partial charge in [0.2, 0.25) is 0 Å². The van der Waals surface area contributed by atoms with Crippen molar-refractivity contribution in [3.8, 4) is 0 Å². The van der Waals surface area contributed by atoms with Crippen LogP contribution < -0.4 is 5.32 Å². The second-order valence-corrected chi connectivity index (χ2v) is 5.52. The molecule has 0 spiro atoms. The van der Waals surface area contributed by atoms with Crippen LogP contribution in [0.2, 0.25) is 0 Å². The van der Waals surface area contributed by atoms with Gasteiger partial charge in [-0.05, 0) is 52.9 Å². The number of carbonyl (C=O) groups is 2. The number of methoxy groups -OCH3 is 1. The van der Waals surface area contributed by atoms with Crippen LogP contribution in [-0.2, 0) is 4.74 Å². The predicted molar refractivity (Wildman–Crippen MR) is 85.5 cm³/mol. The monoisotopic (exact) mass is 417 g/mol. The molecule has 114 valence electrons. The average molecular weight is 417 g/mol. The molecule has 0 heterocycles. The number of esters is 1. The summed E-state index contributed by atoms with van der Waals surface area (Å²) in [4.78, 5) is 22.5. The molecule has 0 bridgehead atoms. The van der Waals surface area contributed by atoms with E-state index < -0.39 is 17.6 Å². The number of ether oxygens (including phenoxy) is 1. The highest BCUT2D eigenvalue weighted by molar-refractivity contribution is 14.1. The fourth-order valence-electron chi connectivity index (χ4n) is 1.80. The number of carbonyl (C=O) groups excluding carboxylic acids is 2. The molecular formula is C15H10F2INO3. The van der Waals surface area contributed by atoms with Crippen molar-refractivity contribution >= 4 is 46.2 Å². The molecule has 0 aliphatic heterocycles. The Hall–Kier alpha value is -2.03. The molecule has 0 aliphatic rings. The van der Waals surface area contributed by atoms with E-state index in [1.165, 1.54) is 12.1 Å². The molecule has 4 nitrogen and oxygen atoms in total. The summed E-state index contributed by atoms with van der Waals surface area (Å²) in [6.07, 6.45) is 0.289. The standard InChI is InChI=1S/C15H10F2INO3/c1-22-15(21)10-4-8(7-20)11(16)6-14(10)19-13-3-2-9(18)5-12(13)17/h2-7,19H,1H3. The first-order valence-electron chi connectivity index (χ1n) is 6.05. The van der Waals surface area contributed by atoms with E-state index in [4.69, 9.17) is 0 Å². The smallest absolute Gasteiger partial charge is 0.340 e. The minimum Gasteiger partial charge on any atom is -0.465 e. The molecule has 2 aromatic carbocycles. The number of hydrogen-bond acceptors (Lipinski definition) is 4. The van der Waals surface area contributed by atoms with Gasteiger partial charge in [-0.2, -0.15) is 0 Å². The molecule has 0 saturated heterocycles. The molecule has 0 fully saturated rings. The lowest BCUT2D eigenvalue weighted by Crippen LogP contribution is -2.08. The van der Waals surface area contributed by atoms with Crippen LogP contribution in [0.25, 0.3) is 0 Å². The summed E-state index contributed by atoms with van der Waals surface area (Å²) in [6.45, 7) is 0. The Morgan fingerprint density at radius 1 is 1.18 bits per heavy atom. The number of nitrogens with one attached hydrogen (secondary N) is 1. The highest BCUT2D eigenvalue weighted by atomic mass is 127. The molecule has 0 atom stereocenters. The summed E-state index contributed by atoms with van der Waals surface area (Å²) in [5, 5.41) is 2.64. The van der Waals surface area contributed by atoms with E-state index >= 15 is 0 Å². The van der Waals surface area contributed by atoms with E-state index in [0.29, 0.717) is 3.57 Å². The number of anilines is 2. The van der Waals surface area contributed by atoms with Gasteiger partial charge in [-0.15, -0.1) is 0 Å². The van der Waals surface area contributed by atoms with Crippen molar-refractivity contribution in [1.29, 1.82) is 0 Å². The number of rotatable bonds is 4. The van der Waals surface area contributed by atoms with E-state index in [1.54, 1.807) is 6.07 Å². The summed E-state index contributed by atoms with van der Waals surface area (Å²) in [5.74, 6) is -2.14. The van der Waals surface area contributed by atoms with Gasteiger partial charge in [0, 0.05) is 3.57 Å². The zero-order valence-electron chi connectivity index (χ0n) is 11.3. The molecule has 1 N–H and O–H groups in total. The van der Waals surface area contributed by atoms with Crippen molar-refractivity contribution in [2.75, 3.05) is 12.4 Å². The van der Waals surface area contributed by atoms with Crippen LogP contribution >= 0.6 is 22.6 Å². The second kappa shape index (κ2) is 6.82. The Labute approximate surface area is 138 Å². The van der Waals surface area contributed by atoms with Gasteiger partial charge < -0.3 is 10.1 Å². The van der Waals surface area contributed by atoms with Crippen molar-refractivity contribution in [3.05, 3.63) is 56.7 Å². The van der Waals surface area contributed by atoms with Crippen LogP contribution in [0.5, 0.6) is 0 Å². The molecule has 2 rings (SSSR count). The topological polar surface area (TPSA) is 55.4 Å². The van der Waals surface area contributed by atoms with Crippen molar-refractivity contribution in [2.45, 2.75) is 0 Å². The fourth-order valence-corrected chi connectivity index (χ4v) is 2.25. The SMILES string of the molecule is COC(=O)c1cc(C=O)c(F)cc1Nc1ccc(I)cc1F. The van der Waals surface area contributed by atoms with Crippen LogP contribution in [-0.4, -0.2) is 19.4 Å². The van der Waals surface area contributed by atoms with Gasteiger partial charge in [0.05, 0.1) is 29.6 Å². The first kappa shape index (κ1) is 16.3. The van der Waals surface area contributed by atoms with Crippen LogP contribution in [0.3, 0.4) is 0 Å². The molecule has 22 heavy (non-hydrogen) atoms. The number of aldehydes is 1. The zero-order chi connectivity index (χ0) is 16.3. The molecular weight excluding hydrogens is 407 g/mol. The number of benzene rings is 2. The third-order valence-corrected chi connectivity index (χ3v) is 3.54.